The minimum Gasteiger partial charge on any atom is -0.406 e. The molecule has 0 amide bonds. The second-order valence-electron chi connectivity index (χ2n) is 4.24. The minimum atomic E-state index is -4.95. The van der Waals surface area contributed by atoms with Crippen molar-refractivity contribution in [1.29, 1.82) is 0 Å². The quantitative estimate of drug-likeness (QED) is 0.671. The van der Waals surface area contributed by atoms with E-state index in [1.54, 1.807) is 0 Å². The van der Waals surface area contributed by atoms with Crippen molar-refractivity contribution in [3.8, 4) is 16.9 Å². The zero-order valence-electron chi connectivity index (χ0n) is 10.6. The van der Waals surface area contributed by atoms with Gasteiger partial charge in [-0.15, -0.1) is 13.2 Å². The SMILES string of the molecule is Fc1c(-c2cccc(OC(F)(F)F)c2)cccc1C(F)(F)F. The number of benzene rings is 2. The lowest BCUT2D eigenvalue weighted by Crippen LogP contribution is -2.17. The van der Waals surface area contributed by atoms with Crippen LogP contribution in [0.4, 0.5) is 30.7 Å². The molecule has 22 heavy (non-hydrogen) atoms. The summed E-state index contributed by atoms with van der Waals surface area (Å²) in [5.41, 5.74) is -2.13. The zero-order chi connectivity index (χ0) is 16.5. The summed E-state index contributed by atoms with van der Waals surface area (Å²) in [6, 6.07) is 6.64. The molecule has 0 saturated heterocycles. The summed E-state index contributed by atoms with van der Waals surface area (Å²) in [4.78, 5) is 0. The average Bonchev–Trinajstić information content (AvgIpc) is 2.35. The van der Waals surface area contributed by atoms with E-state index in [0.29, 0.717) is 6.07 Å². The van der Waals surface area contributed by atoms with Gasteiger partial charge in [0.1, 0.15) is 11.6 Å². The van der Waals surface area contributed by atoms with Crippen molar-refractivity contribution < 1.29 is 35.5 Å². The highest BCUT2D eigenvalue weighted by molar-refractivity contribution is 5.66. The van der Waals surface area contributed by atoms with Crippen molar-refractivity contribution in [3.63, 3.8) is 0 Å². The van der Waals surface area contributed by atoms with Crippen LogP contribution in [0.15, 0.2) is 42.5 Å². The van der Waals surface area contributed by atoms with Crippen LogP contribution in [-0.4, -0.2) is 6.36 Å². The zero-order valence-corrected chi connectivity index (χ0v) is 10.6. The summed E-state index contributed by atoms with van der Waals surface area (Å²) in [5, 5.41) is 0. The lowest BCUT2D eigenvalue weighted by Gasteiger charge is -2.13. The summed E-state index contributed by atoms with van der Waals surface area (Å²) < 4.78 is 91.9. The second kappa shape index (κ2) is 5.51. The van der Waals surface area contributed by atoms with Crippen LogP contribution < -0.4 is 4.74 Å². The Kier molecular flexibility index (Phi) is 4.04. The number of alkyl halides is 6. The van der Waals surface area contributed by atoms with Gasteiger partial charge in [0, 0.05) is 5.56 Å². The van der Waals surface area contributed by atoms with E-state index in [4.69, 9.17) is 0 Å². The van der Waals surface area contributed by atoms with Gasteiger partial charge in [0.05, 0.1) is 5.56 Å². The molecule has 0 spiro atoms. The van der Waals surface area contributed by atoms with Crippen molar-refractivity contribution >= 4 is 0 Å². The molecule has 0 aromatic heterocycles. The Morgan fingerprint density at radius 1 is 0.818 bits per heavy atom. The third-order valence-electron chi connectivity index (χ3n) is 2.68. The van der Waals surface area contributed by atoms with Gasteiger partial charge in [-0.2, -0.15) is 13.2 Å². The van der Waals surface area contributed by atoms with E-state index in [-0.39, 0.29) is 5.56 Å². The van der Waals surface area contributed by atoms with E-state index >= 15 is 0 Å². The number of hydrogen-bond acceptors (Lipinski definition) is 1. The molecule has 0 aliphatic heterocycles. The summed E-state index contributed by atoms with van der Waals surface area (Å²) in [7, 11) is 0. The van der Waals surface area contributed by atoms with Gasteiger partial charge in [0.15, 0.2) is 0 Å². The Morgan fingerprint density at radius 3 is 2.05 bits per heavy atom. The van der Waals surface area contributed by atoms with Gasteiger partial charge in [-0.3, -0.25) is 0 Å². The summed E-state index contributed by atoms with van der Waals surface area (Å²) in [6.45, 7) is 0. The van der Waals surface area contributed by atoms with E-state index in [2.05, 4.69) is 4.74 Å². The molecule has 0 unspecified atom stereocenters. The van der Waals surface area contributed by atoms with Crippen molar-refractivity contribution in [2.24, 2.45) is 0 Å². The fraction of sp³-hybridized carbons (Fsp3) is 0.143. The van der Waals surface area contributed by atoms with Crippen molar-refractivity contribution in [2.45, 2.75) is 12.5 Å². The monoisotopic (exact) mass is 324 g/mol. The first-order valence-corrected chi connectivity index (χ1v) is 5.80. The van der Waals surface area contributed by atoms with E-state index < -0.39 is 35.2 Å². The Hall–Kier alpha value is -2.25. The van der Waals surface area contributed by atoms with E-state index in [1.807, 2.05) is 0 Å². The standard InChI is InChI=1S/C14H7F7O/c15-12-10(5-2-6-11(12)13(16,17)18)8-3-1-4-9(7-8)22-14(19,20)21/h1-7H. The van der Waals surface area contributed by atoms with Crippen LogP contribution >= 0.6 is 0 Å². The first-order chi connectivity index (χ1) is 10.1. The Labute approximate surface area is 119 Å². The molecule has 2 aromatic carbocycles. The highest BCUT2D eigenvalue weighted by Gasteiger charge is 2.35. The van der Waals surface area contributed by atoms with Gasteiger partial charge >= 0.3 is 12.5 Å². The molecule has 0 N–H and O–H groups in total. The van der Waals surface area contributed by atoms with Crippen LogP contribution in [0.25, 0.3) is 11.1 Å². The van der Waals surface area contributed by atoms with Gasteiger partial charge in [-0.25, -0.2) is 4.39 Å². The molecular weight excluding hydrogens is 317 g/mol. The van der Waals surface area contributed by atoms with Crippen LogP contribution in [-0.2, 0) is 6.18 Å². The molecule has 8 heteroatoms. The lowest BCUT2D eigenvalue weighted by molar-refractivity contribution is -0.274. The van der Waals surface area contributed by atoms with Crippen LogP contribution in [0.5, 0.6) is 5.75 Å². The smallest absolute Gasteiger partial charge is 0.406 e. The second-order valence-corrected chi connectivity index (χ2v) is 4.24. The molecule has 1 nitrogen and oxygen atoms in total. The molecule has 118 valence electrons. The molecule has 0 bridgehead atoms. The number of ether oxygens (including phenoxy) is 1. The summed E-state index contributed by atoms with van der Waals surface area (Å²) in [6.07, 6.45) is -9.86. The van der Waals surface area contributed by atoms with Crippen LogP contribution in [0.3, 0.4) is 0 Å². The molecule has 0 radical (unpaired) electrons. The van der Waals surface area contributed by atoms with Gasteiger partial charge in [-0.1, -0.05) is 24.3 Å². The summed E-state index contributed by atoms with van der Waals surface area (Å²) in [5.74, 6) is -2.21. The number of halogens is 7. The van der Waals surface area contributed by atoms with Gasteiger partial charge in [0.25, 0.3) is 0 Å². The highest BCUT2D eigenvalue weighted by Crippen LogP contribution is 2.36. The molecule has 0 aliphatic carbocycles. The van der Waals surface area contributed by atoms with Gasteiger partial charge in [0.2, 0.25) is 0 Å². The van der Waals surface area contributed by atoms with Crippen LogP contribution in [0.1, 0.15) is 5.56 Å². The van der Waals surface area contributed by atoms with Gasteiger partial charge < -0.3 is 4.74 Å². The maximum absolute atomic E-state index is 13.9. The minimum absolute atomic E-state index is 0.162. The predicted octanol–water partition coefficient (Wildman–Crippen LogP) is 5.41. The molecule has 0 heterocycles. The van der Waals surface area contributed by atoms with Crippen molar-refractivity contribution in [2.75, 3.05) is 0 Å². The number of rotatable bonds is 2. The maximum atomic E-state index is 13.9. The number of hydrogen-bond donors (Lipinski definition) is 0. The Morgan fingerprint density at radius 2 is 1.45 bits per heavy atom. The highest BCUT2D eigenvalue weighted by atomic mass is 19.4. The van der Waals surface area contributed by atoms with E-state index in [1.165, 1.54) is 6.07 Å². The normalized spacial score (nSPS) is 12.3. The molecule has 0 aliphatic rings. The molecule has 2 rings (SSSR count). The largest absolute Gasteiger partial charge is 0.573 e. The van der Waals surface area contributed by atoms with Crippen LogP contribution in [0, 0.1) is 5.82 Å². The molecule has 2 aromatic rings. The third-order valence-corrected chi connectivity index (χ3v) is 2.68. The fourth-order valence-electron chi connectivity index (χ4n) is 1.83. The van der Waals surface area contributed by atoms with Crippen LogP contribution in [0.2, 0.25) is 0 Å². The first-order valence-electron chi connectivity index (χ1n) is 5.80. The van der Waals surface area contributed by atoms with E-state index in [9.17, 15) is 30.7 Å². The first kappa shape index (κ1) is 16.1. The van der Waals surface area contributed by atoms with E-state index in [0.717, 1.165) is 30.3 Å². The Balaban J connectivity index is 2.47. The molecule has 0 fully saturated rings. The van der Waals surface area contributed by atoms with Gasteiger partial charge in [-0.05, 0) is 23.8 Å². The third kappa shape index (κ3) is 3.69. The molecule has 0 atom stereocenters. The Bertz CT molecular complexity index is 674. The van der Waals surface area contributed by atoms with Crippen molar-refractivity contribution in [1.82, 2.24) is 0 Å². The average molecular weight is 324 g/mol. The maximum Gasteiger partial charge on any atom is 0.573 e. The lowest BCUT2D eigenvalue weighted by atomic mass is 10.0. The molecule has 0 saturated carbocycles. The van der Waals surface area contributed by atoms with Crippen molar-refractivity contribution in [3.05, 3.63) is 53.8 Å². The summed E-state index contributed by atoms with van der Waals surface area (Å²) >= 11 is 0. The molecular formula is C14H7F7O. The fourth-order valence-corrected chi connectivity index (χ4v) is 1.83. The topological polar surface area (TPSA) is 9.23 Å². The predicted molar refractivity (Wildman–Crippen MR) is 63.5 cm³/mol.